The first-order valence-corrected chi connectivity index (χ1v) is 7.81. The van der Waals surface area contributed by atoms with E-state index in [0.717, 1.165) is 25.9 Å². The Hall–Kier alpha value is 0.120. The van der Waals surface area contributed by atoms with Crippen molar-refractivity contribution in [3.8, 4) is 0 Å². The van der Waals surface area contributed by atoms with Crippen molar-refractivity contribution in [1.82, 2.24) is 13.9 Å². The molecular weight excluding hydrogens is 274 g/mol. The average molecular weight is 298 g/mol. The molecule has 0 amide bonds. The first-order chi connectivity index (χ1) is 8.01. The molecule has 2 aliphatic rings. The third-order valence-corrected chi connectivity index (χ3v) is 5.76. The van der Waals surface area contributed by atoms with Crippen molar-refractivity contribution in [1.29, 1.82) is 0 Å². The molecular formula is C11H24ClN3O2S. The molecule has 0 atom stereocenters. The second kappa shape index (κ2) is 6.52. The lowest BCUT2D eigenvalue weighted by atomic mass is 10.1. The Morgan fingerprint density at radius 1 is 1.11 bits per heavy atom. The molecule has 2 fully saturated rings. The van der Waals surface area contributed by atoms with Gasteiger partial charge < -0.3 is 5.32 Å². The molecule has 108 valence electrons. The van der Waals surface area contributed by atoms with E-state index in [9.17, 15) is 8.42 Å². The van der Waals surface area contributed by atoms with Crippen molar-refractivity contribution < 1.29 is 8.42 Å². The van der Waals surface area contributed by atoms with Gasteiger partial charge in [-0.3, -0.25) is 0 Å². The number of halogens is 1. The van der Waals surface area contributed by atoms with E-state index in [1.165, 1.54) is 17.1 Å². The second-order valence-corrected chi connectivity index (χ2v) is 7.32. The maximum Gasteiger partial charge on any atom is 0.281 e. The summed E-state index contributed by atoms with van der Waals surface area (Å²) in [5, 5.41) is 3.26. The van der Waals surface area contributed by atoms with Crippen LogP contribution in [0.15, 0.2) is 0 Å². The third-order valence-electron chi connectivity index (χ3n) is 3.79. The minimum Gasteiger partial charge on any atom is -0.317 e. The molecule has 0 aromatic rings. The molecule has 0 unspecified atom stereocenters. The second-order valence-electron chi connectivity index (χ2n) is 5.23. The van der Waals surface area contributed by atoms with E-state index in [0.29, 0.717) is 12.5 Å². The highest BCUT2D eigenvalue weighted by atomic mass is 35.5. The molecule has 1 saturated carbocycles. The quantitative estimate of drug-likeness (QED) is 0.812. The van der Waals surface area contributed by atoms with Gasteiger partial charge in [0.15, 0.2) is 0 Å². The lowest BCUT2D eigenvalue weighted by Gasteiger charge is -2.33. The molecule has 1 N–H and O–H groups in total. The van der Waals surface area contributed by atoms with Gasteiger partial charge in [-0.1, -0.05) is 0 Å². The number of rotatable bonds is 5. The summed E-state index contributed by atoms with van der Waals surface area (Å²) in [7, 11) is 0.162. The van der Waals surface area contributed by atoms with Crippen LogP contribution in [0.2, 0.25) is 0 Å². The van der Waals surface area contributed by atoms with Crippen LogP contribution in [-0.2, 0) is 10.2 Å². The highest BCUT2D eigenvalue weighted by molar-refractivity contribution is 7.86. The lowest BCUT2D eigenvalue weighted by molar-refractivity contribution is 0.276. The van der Waals surface area contributed by atoms with Crippen LogP contribution in [0.4, 0.5) is 0 Å². The van der Waals surface area contributed by atoms with Crippen LogP contribution in [0.1, 0.15) is 25.7 Å². The normalized spacial score (nSPS) is 22.2. The summed E-state index contributed by atoms with van der Waals surface area (Å²) in [6.45, 7) is 2.51. The zero-order chi connectivity index (χ0) is 12.5. The van der Waals surface area contributed by atoms with Crippen LogP contribution >= 0.6 is 12.4 Å². The Morgan fingerprint density at radius 3 is 2.17 bits per heavy atom. The fourth-order valence-corrected chi connectivity index (χ4v) is 3.76. The smallest absolute Gasteiger partial charge is 0.281 e. The fraction of sp³-hybridized carbons (Fsp3) is 1.00. The van der Waals surface area contributed by atoms with Crippen LogP contribution in [0.5, 0.6) is 0 Å². The van der Waals surface area contributed by atoms with Gasteiger partial charge >= 0.3 is 0 Å². The predicted octanol–water partition coefficient (Wildman–Crippen LogP) is 0.679. The van der Waals surface area contributed by atoms with Crippen LogP contribution in [0.3, 0.4) is 0 Å². The summed E-state index contributed by atoms with van der Waals surface area (Å²) < 4.78 is 27.7. The molecule has 0 radical (unpaired) electrons. The summed E-state index contributed by atoms with van der Waals surface area (Å²) in [4.78, 5) is 0. The zero-order valence-corrected chi connectivity index (χ0v) is 12.8. The predicted molar refractivity (Wildman–Crippen MR) is 75.2 cm³/mol. The molecule has 0 bridgehead atoms. The Bertz CT molecular complexity index is 353. The monoisotopic (exact) mass is 297 g/mol. The van der Waals surface area contributed by atoms with Crippen LogP contribution in [0.25, 0.3) is 0 Å². The van der Waals surface area contributed by atoms with E-state index in [4.69, 9.17) is 0 Å². The molecule has 5 nitrogen and oxygen atoms in total. The highest BCUT2D eigenvalue weighted by Crippen LogP contribution is 2.30. The lowest BCUT2D eigenvalue weighted by Crippen LogP contribution is -2.49. The fourth-order valence-electron chi connectivity index (χ4n) is 2.34. The van der Waals surface area contributed by atoms with Gasteiger partial charge in [0.05, 0.1) is 0 Å². The van der Waals surface area contributed by atoms with E-state index >= 15 is 0 Å². The SMILES string of the molecule is CN(CC1CC1)S(=O)(=O)N(C)C1CCNCC1.Cl. The number of hydrogen-bond donors (Lipinski definition) is 1. The van der Waals surface area contributed by atoms with Crippen molar-refractivity contribution in [2.45, 2.75) is 31.7 Å². The summed E-state index contributed by atoms with van der Waals surface area (Å²) in [5.41, 5.74) is 0. The van der Waals surface area contributed by atoms with Gasteiger partial charge in [0.1, 0.15) is 0 Å². The first kappa shape index (κ1) is 16.2. The van der Waals surface area contributed by atoms with E-state index in [1.807, 2.05) is 0 Å². The van der Waals surface area contributed by atoms with Gasteiger partial charge in [0, 0.05) is 26.7 Å². The average Bonchev–Trinajstić information content (AvgIpc) is 3.13. The summed E-state index contributed by atoms with van der Waals surface area (Å²) in [6.07, 6.45) is 4.17. The van der Waals surface area contributed by atoms with Crippen molar-refractivity contribution >= 4 is 22.6 Å². The minimum atomic E-state index is -3.25. The number of piperidine rings is 1. The molecule has 18 heavy (non-hydrogen) atoms. The Labute approximate surface area is 116 Å². The maximum atomic E-state index is 12.3. The molecule has 0 spiro atoms. The number of nitrogens with zero attached hydrogens (tertiary/aromatic N) is 2. The van der Waals surface area contributed by atoms with Crippen molar-refractivity contribution in [3.63, 3.8) is 0 Å². The van der Waals surface area contributed by atoms with Gasteiger partial charge in [-0.15, -0.1) is 12.4 Å². The maximum absolute atomic E-state index is 12.3. The van der Waals surface area contributed by atoms with Crippen molar-refractivity contribution in [2.24, 2.45) is 5.92 Å². The minimum absolute atomic E-state index is 0. The zero-order valence-electron chi connectivity index (χ0n) is 11.1. The van der Waals surface area contributed by atoms with E-state index in [1.54, 1.807) is 18.4 Å². The third kappa shape index (κ3) is 3.81. The summed E-state index contributed by atoms with van der Waals surface area (Å²) in [5.74, 6) is 0.594. The van der Waals surface area contributed by atoms with Gasteiger partial charge in [-0.25, -0.2) is 0 Å². The molecule has 1 heterocycles. The molecule has 1 aliphatic carbocycles. The van der Waals surface area contributed by atoms with E-state index < -0.39 is 10.2 Å². The van der Waals surface area contributed by atoms with Crippen molar-refractivity contribution in [3.05, 3.63) is 0 Å². The van der Waals surface area contributed by atoms with E-state index in [2.05, 4.69) is 5.32 Å². The number of hydrogen-bond acceptors (Lipinski definition) is 3. The first-order valence-electron chi connectivity index (χ1n) is 6.42. The van der Waals surface area contributed by atoms with Gasteiger partial charge in [-0.2, -0.15) is 17.0 Å². The number of nitrogens with one attached hydrogen (secondary N) is 1. The summed E-state index contributed by atoms with van der Waals surface area (Å²) in [6, 6.07) is 0.155. The van der Waals surface area contributed by atoms with Crippen molar-refractivity contribution in [2.75, 3.05) is 33.7 Å². The standard InChI is InChI=1S/C11H23N3O2S.ClH/c1-13(9-10-3-4-10)17(15,16)14(2)11-5-7-12-8-6-11;/h10-12H,3-9H2,1-2H3;1H. The molecule has 7 heteroatoms. The summed E-state index contributed by atoms with van der Waals surface area (Å²) >= 11 is 0. The van der Waals surface area contributed by atoms with Gasteiger partial charge in [0.25, 0.3) is 10.2 Å². The Balaban J connectivity index is 0.00000162. The Morgan fingerprint density at radius 2 is 1.67 bits per heavy atom. The largest absolute Gasteiger partial charge is 0.317 e. The van der Waals surface area contributed by atoms with Crippen LogP contribution < -0.4 is 5.32 Å². The van der Waals surface area contributed by atoms with Gasteiger partial charge in [-0.05, 0) is 44.7 Å². The molecule has 0 aromatic carbocycles. The van der Waals surface area contributed by atoms with Crippen LogP contribution in [0, 0.1) is 5.92 Å². The molecule has 1 aliphatic heterocycles. The van der Waals surface area contributed by atoms with E-state index in [-0.39, 0.29) is 18.4 Å². The topological polar surface area (TPSA) is 52.7 Å². The molecule has 2 rings (SSSR count). The van der Waals surface area contributed by atoms with Gasteiger partial charge in [0.2, 0.25) is 0 Å². The molecule has 0 aromatic heterocycles. The Kier molecular flexibility index (Phi) is 5.86. The highest BCUT2D eigenvalue weighted by Gasteiger charge is 2.33. The van der Waals surface area contributed by atoms with Crippen LogP contribution in [-0.4, -0.2) is 56.8 Å². The molecule has 1 saturated heterocycles.